The first-order chi connectivity index (χ1) is 8.72. The van der Waals surface area contributed by atoms with Crippen LogP contribution in [-0.2, 0) is 6.54 Å². The summed E-state index contributed by atoms with van der Waals surface area (Å²) < 4.78 is 5.78. The summed E-state index contributed by atoms with van der Waals surface area (Å²) in [6.45, 7) is 9.50. The molecule has 0 bridgehead atoms. The molecule has 1 rings (SSSR count). The molecular formula is C16H27NO. The predicted molar refractivity (Wildman–Crippen MR) is 78.0 cm³/mol. The highest BCUT2D eigenvalue weighted by atomic mass is 16.5. The van der Waals surface area contributed by atoms with E-state index in [2.05, 4.69) is 44.3 Å². The lowest BCUT2D eigenvalue weighted by atomic mass is 10.1. The van der Waals surface area contributed by atoms with Gasteiger partial charge in [-0.15, -0.1) is 0 Å². The van der Waals surface area contributed by atoms with Crippen LogP contribution in [-0.4, -0.2) is 13.2 Å². The number of nitrogens with one attached hydrogen (secondary N) is 1. The van der Waals surface area contributed by atoms with Crippen LogP contribution in [0.4, 0.5) is 0 Å². The minimum Gasteiger partial charge on any atom is -0.494 e. The molecule has 0 aliphatic carbocycles. The first-order valence-electron chi connectivity index (χ1n) is 7.14. The lowest BCUT2D eigenvalue weighted by molar-refractivity contribution is 0.297. The summed E-state index contributed by atoms with van der Waals surface area (Å²) >= 11 is 0. The Morgan fingerprint density at radius 1 is 1.28 bits per heavy atom. The topological polar surface area (TPSA) is 21.3 Å². The van der Waals surface area contributed by atoms with Gasteiger partial charge in [0.05, 0.1) is 6.61 Å². The van der Waals surface area contributed by atoms with Crippen LogP contribution in [0.5, 0.6) is 5.75 Å². The van der Waals surface area contributed by atoms with Crippen molar-refractivity contribution in [1.29, 1.82) is 0 Å². The third-order valence-electron chi connectivity index (χ3n) is 2.85. The van der Waals surface area contributed by atoms with Gasteiger partial charge in [0.25, 0.3) is 0 Å². The summed E-state index contributed by atoms with van der Waals surface area (Å²) in [5, 5.41) is 3.41. The zero-order chi connectivity index (χ0) is 13.2. The Morgan fingerprint density at radius 3 is 2.83 bits per heavy atom. The number of rotatable bonds is 9. The molecule has 0 fully saturated rings. The molecule has 0 amide bonds. The number of hydrogen-bond donors (Lipinski definition) is 1. The molecule has 0 aliphatic rings. The van der Waals surface area contributed by atoms with E-state index in [1.54, 1.807) is 0 Å². The van der Waals surface area contributed by atoms with Crippen LogP contribution >= 0.6 is 0 Å². The molecule has 0 saturated carbocycles. The fourth-order valence-electron chi connectivity index (χ4n) is 1.84. The zero-order valence-corrected chi connectivity index (χ0v) is 12.0. The van der Waals surface area contributed by atoms with Gasteiger partial charge in [0.1, 0.15) is 5.75 Å². The second-order valence-electron chi connectivity index (χ2n) is 5.21. The summed E-state index contributed by atoms with van der Waals surface area (Å²) in [4.78, 5) is 0. The SMILES string of the molecule is CCCNCc1cccc(OCCCC(C)C)c1. The summed E-state index contributed by atoms with van der Waals surface area (Å²) in [6.07, 6.45) is 3.54. The first-order valence-corrected chi connectivity index (χ1v) is 7.14. The highest BCUT2D eigenvalue weighted by molar-refractivity contribution is 5.28. The second-order valence-corrected chi connectivity index (χ2v) is 5.21. The van der Waals surface area contributed by atoms with Crippen LogP contribution in [0.1, 0.15) is 45.6 Å². The van der Waals surface area contributed by atoms with Crippen molar-refractivity contribution in [3.8, 4) is 5.75 Å². The van der Waals surface area contributed by atoms with Crippen molar-refractivity contribution in [1.82, 2.24) is 5.32 Å². The molecule has 102 valence electrons. The molecular weight excluding hydrogens is 222 g/mol. The molecule has 0 saturated heterocycles. The van der Waals surface area contributed by atoms with Crippen molar-refractivity contribution in [2.24, 2.45) is 5.92 Å². The maximum Gasteiger partial charge on any atom is 0.119 e. The highest BCUT2D eigenvalue weighted by Crippen LogP contribution is 2.14. The van der Waals surface area contributed by atoms with Gasteiger partial charge in [0, 0.05) is 6.54 Å². The first kappa shape index (κ1) is 15.0. The Labute approximate surface area is 112 Å². The lowest BCUT2D eigenvalue weighted by Gasteiger charge is -2.09. The number of ether oxygens (including phenoxy) is 1. The second kappa shape index (κ2) is 8.98. The Morgan fingerprint density at radius 2 is 2.11 bits per heavy atom. The van der Waals surface area contributed by atoms with Crippen molar-refractivity contribution in [2.75, 3.05) is 13.2 Å². The largest absolute Gasteiger partial charge is 0.494 e. The van der Waals surface area contributed by atoms with Gasteiger partial charge >= 0.3 is 0 Å². The molecule has 18 heavy (non-hydrogen) atoms. The third kappa shape index (κ3) is 6.65. The third-order valence-corrected chi connectivity index (χ3v) is 2.85. The summed E-state index contributed by atoms with van der Waals surface area (Å²) in [5.74, 6) is 1.76. The lowest BCUT2D eigenvalue weighted by Crippen LogP contribution is -2.13. The van der Waals surface area contributed by atoms with Crippen molar-refractivity contribution in [3.05, 3.63) is 29.8 Å². The molecule has 0 aliphatic heterocycles. The molecule has 0 radical (unpaired) electrons. The van der Waals surface area contributed by atoms with Crippen LogP contribution in [0.15, 0.2) is 24.3 Å². The minimum absolute atomic E-state index is 0.762. The van der Waals surface area contributed by atoms with E-state index in [0.29, 0.717) is 0 Å². The molecule has 1 N–H and O–H groups in total. The summed E-state index contributed by atoms with van der Waals surface area (Å²) in [7, 11) is 0. The molecule has 2 nitrogen and oxygen atoms in total. The molecule has 1 aromatic rings. The standard InChI is InChI=1S/C16H27NO/c1-4-10-17-13-15-8-5-9-16(12-15)18-11-6-7-14(2)3/h5,8-9,12,14,17H,4,6-7,10-11,13H2,1-3H3. The van der Waals surface area contributed by atoms with Gasteiger partial charge in [-0.3, -0.25) is 0 Å². The van der Waals surface area contributed by atoms with Crippen molar-refractivity contribution >= 4 is 0 Å². The van der Waals surface area contributed by atoms with E-state index in [1.807, 2.05) is 6.07 Å². The van der Waals surface area contributed by atoms with E-state index in [-0.39, 0.29) is 0 Å². The Balaban J connectivity index is 2.30. The van der Waals surface area contributed by atoms with E-state index in [0.717, 1.165) is 37.8 Å². The van der Waals surface area contributed by atoms with Crippen LogP contribution < -0.4 is 10.1 Å². The van der Waals surface area contributed by atoms with E-state index >= 15 is 0 Å². The molecule has 0 atom stereocenters. The fraction of sp³-hybridized carbons (Fsp3) is 0.625. The minimum atomic E-state index is 0.762. The van der Waals surface area contributed by atoms with Crippen molar-refractivity contribution < 1.29 is 4.74 Å². The van der Waals surface area contributed by atoms with Crippen molar-refractivity contribution in [3.63, 3.8) is 0 Å². The Bertz CT molecular complexity index is 323. The van der Waals surface area contributed by atoms with Crippen LogP contribution in [0.3, 0.4) is 0 Å². The Kier molecular flexibility index (Phi) is 7.51. The highest BCUT2D eigenvalue weighted by Gasteiger charge is 1.98. The smallest absolute Gasteiger partial charge is 0.119 e. The van der Waals surface area contributed by atoms with E-state index in [9.17, 15) is 0 Å². The van der Waals surface area contributed by atoms with E-state index < -0.39 is 0 Å². The van der Waals surface area contributed by atoms with Crippen molar-refractivity contribution in [2.45, 2.75) is 46.6 Å². The molecule has 0 heterocycles. The van der Waals surface area contributed by atoms with Gasteiger partial charge in [-0.2, -0.15) is 0 Å². The van der Waals surface area contributed by atoms with Crippen LogP contribution in [0.2, 0.25) is 0 Å². The predicted octanol–water partition coefficient (Wildman–Crippen LogP) is 4.00. The monoisotopic (exact) mass is 249 g/mol. The van der Waals surface area contributed by atoms with Gasteiger partial charge in [0.2, 0.25) is 0 Å². The number of hydrogen-bond acceptors (Lipinski definition) is 2. The zero-order valence-electron chi connectivity index (χ0n) is 12.0. The number of benzene rings is 1. The maximum atomic E-state index is 5.78. The van der Waals surface area contributed by atoms with Gasteiger partial charge in [-0.25, -0.2) is 0 Å². The summed E-state index contributed by atoms with van der Waals surface area (Å²) in [6, 6.07) is 8.39. The van der Waals surface area contributed by atoms with Gasteiger partial charge < -0.3 is 10.1 Å². The molecule has 0 spiro atoms. The average Bonchev–Trinajstić information content (AvgIpc) is 2.35. The van der Waals surface area contributed by atoms with Gasteiger partial charge in [-0.1, -0.05) is 32.9 Å². The fourth-order valence-corrected chi connectivity index (χ4v) is 1.84. The quantitative estimate of drug-likeness (QED) is 0.668. The average molecular weight is 249 g/mol. The molecule has 0 aromatic heterocycles. The van der Waals surface area contributed by atoms with Gasteiger partial charge in [-0.05, 0) is 49.4 Å². The van der Waals surface area contributed by atoms with E-state index in [4.69, 9.17) is 4.74 Å². The Hall–Kier alpha value is -1.02. The van der Waals surface area contributed by atoms with E-state index in [1.165, 1.54) is 18.4 Å². The van der Waals surface area contributed by atoms with Crippen LogP contribution in [0, 0.1) is 5.92 Å². The summed E-state index contributed by atoms with van der Waals surface area (Å²) in [5.41, 5.74) is 1.30. The molecule has 2 heteroatoms. The van der Waals surface area contributed by atoms with Gasteiger partial charge in [0.15, 0.2) is 0 Å². The van der Waals surface area contributed by atoms with Crippen LogP contribution in [0.25, 0.3) is 0 Å². The normalized spacial score (nSPS) is 10.9. The maximum absolute atomic E-state index is 5.78. The molecule has 1 aromatic carbocycles. The molecule has 0 unspecified atom stereocenters.